The molecule has 0 saturated carbocycles. The van der Waals surface area contributed by atoms with Gasteiger partial charge >= 0.3 is 5.97 Å². The molecule has 0 aliphatic carbocycles. The van der Waals surface area contributed by atoms with Crippen molar-refractivity contribution in [3.63, 3.8) is 0 Å². The number of methoxy groups -OCH3 is 1. The molecule has 0 spiro atoms. The molecule has 1 aromatic heterocycles. The van der Waals surface area contributed by atoms with Crippen molar-refractivity contribution in [1.29, 1.82) is 0 Å². The Kier molecular flexibility index (Phi) is 4.95. The highest BCUT2D eigenvalue weighted by Gasteiger charge is 2.17. The summed E-state index contributed by atoms with van der Waals surface area (Å²) in [6, 6.07) is 5.99. The lowest BCUT2D eigenvalue weighted by molar-refractivity contribution is -0.384. The molecule has 2 rings (SSSR count). The van der Waals surface area contributed by atoms with E-state index in [2.05, 4.69) is 15.2 Å². The average molecular weight is 318 g/mol. The fourth-order valence-electron chi connectivity index (χ4n) is 2.28. The number of nitrogens with one attached hydrogen (secondary N) is 1. The Labute approximate surface area is 133 Å². The smallest absolute Gasteiger partial charge is 0.337 e. The van der Waals surface area contributed by atoms with Gasteiger partial charge in [-0.25, -0.2) is 4.79 Å². The van der Waals surface area contributed by atoms with Crippen LogP contribution in [0.3, 0.4) is 0 Å². The van der Waals surface area contributed by atoms with Gasteiger partial charge in [0.2, 0.25) is 0 Å². The van der Waals surface area contributed by atoms with Gasteiger partial charge < -0.3 is 10.1 Å². The highest BCUT2D eigenvalue weighted by atomic mass is 16.6. The molecule has 0 aliphatic rings. The molecule has 0 aliphatic heterocycles. The molecule has 23 heavy (non-hydrogen) atoms. The van der Waals surface area contributed by atoms with Gasteiger partial charge in [0.15, 0.2) is 0 Å². The number of aryl methyl sites for hydroxylation is 2. The van der Waals surface area contributed by atoms with Gasteiger partial charge in [0, 0.05) is 12.6 Å². The van der Waals surface area contributed by atoms with Crippen LogP contribution in [-0.4, -0.2) is 27.8 Å². The number of carbonyl (C=O) groups excluding carboxylic acids is 1. The monoisotopic (exact) mass is 318 g/mol. The zero-order chi connectivity index (χ0) is 17.0. The molecule has 1 heterocycles. The molecule has 2 aromatic rings. The zero-order valence-electron chi connectivity index (χ0n) is 13.2. The normalized spacial score (nSPS) is 10.4. The van der Waals surface area contributed by atoms with Crippen molar-refractivity contribution in [2.45, 2.75) is 26.9 Å². The SMILES string of the molecule is CCn1nc(C)cc1CNc1cc(C(=O)OC)ccc1[N+](=O)[O-]. The summed E-state index contributed by atoms with van der Waals surface area (Å²) in [4.78, 5) is 22.2. The maximum atomic E-state index is 11.6. The van der Waals surface area contributed by atoms with Gasteiger partial charge in [-0.05, 0) is 32.0 Å². The summed E-state index contributed by atoms with van der Waals surface area (Å²) in [7, 11) is 1.26. The predicted molar refractivity (Wildman–Crippen MR) is 84.4 cm³/mol. The molecule has 1 aromatic carbocycles. The van der Waals surface area contributed by atoms with E-state index in [1.807, 2.05) is 24.6 Å². The van der Waals surface area contributed by atoms with Crippen LogP contribution < -0.4 is 5.32 Å². The molecule has 0 fully saturated rings. The van der Waals surface area contributed by atoms with E-state index in [-0.39, 0.29) is 16.9 Å². The third-order valence-corrected chi connectivity index (χ3v) is 3.36. The molecule has 0 bridgehead atoms. The molecule has 0 unspecified atom stereocenters. The Morgan fingerprint density at radius 1 is 1.43 bits per heavy atom. The van der Waals surface area contributed by atoms with E-state index in [9.17, 15) is 14.9 Å². The molecule has 8 nitrogen and oxygen atoms in total. The topological polar surface area (TPSA) is 99.3 Å². The second-order valence-electron chi connectivity index (χ2n) is 4.93. The van der Waals surface area contributed by atoms with Crippen molar-refractivity contribution in [2.75, 3.05) is 12.4 Å². The number of benzene rings is 1. The first kappa shape index (κ1) is 16.5. The molecule has 1 N–H and O–H groups in total. The Balaban J connectivity index is 2.29. The Morgan fingerprint density at radius 2 is 2.17 bits per heavy atom. The summed E-state index contributed by atoms with van der Waals surface area (Å²) in [6.45, 7) is 4.92. The van der Waals surface area contributed by atoms with E-state index in [4.69, 9.17) is 0 Å². The third-order valence-electron chi connectivity index (χ3n) is 3.36. The number of anilines is 1. The largest absolute Gasteiger partial charge is 0.465 e. The minimum atomic E-state index is -0.544. The lowest BCUT2D eigenvalue weighted by Gasteiger charge is -2.09. The maximum absolute atomic E-state index is 11.6. The lowest BCUT2D eigenvalue weighted by atomic mass is 10.1. The molecular formula is C15H18N4O4. The molecule has 0 atom stereocenters. The number of hydrogen-bond donors (Lipinski definition) is 1. The van der Waals surface area contributed by atoms with Gasteiger partial charge in [0.05, 0.1) is 35.5 Å². The highest BCUT2D eigenvalue weighted by molar-refractivity contribution is 5.91. The van der Waals surface area contributed by atoms with Gasteiger partial charge in [-0.1, -0.05) is 0 Å². The number of hydrogen-bond acceptors (Lipinski definition) is 6. The standard InChI is InChI=1S/C15H18N4O4/c1-4-18-12(7-10(2)17-18)9-16-13-8-11(15(20)23-3)5-6-14(13)19(21)22/h5-8,16H,4,9H2,1-3H3. The maximum Gasteiger partial charge on any atom is 0.337 e. The Morgan fingerprint density at radius 3 is 2.78 bits per heavy atom. The van der Waals surface area contributed by atoms with E-state index in [1.165, 1.54) is 25.3 Å². The van der Waals surface area contributed by atoms with Crippen LogP contribution in [0.15, 0.2) is 24.3 Å². The number of nitro groups is 1. The van der Waals surface area contributed by atoms with Crippen LogP contribution in [0.1, 0.15) is 28.7 Å². The first-order valence-electron chi connectivity index (χ1n) is 7.10. The quantitative estimate of drug-likeness (QED) is 0.499. The number of rotatable bonds is 6. The fourth-order valence-corrected chi connectivity index (χ4v) is 2.28. The molecule has 8 heteroatoms. The number of nitrogens with zero attached hydrogens (tertiary/aromatic N) is 3. The molecule has 0 radical (unpaired) electrons. The van der Waals surface area contributed by atoms with Crippen LogP contribution in [0.5, 0.6) is 0 Å². The van der Waals surface area contributed by atoms with Crippen LogP contribution in [-0.2, 0) is 17.8 Å². The van der Waals surface area contributed by atoms with Crippen LogP contribution >= 0.6 is 0 Å². The molecular weight excluding hydrogens is 300 g/mol. The number of aromatic nitrogens is 2. The first-order chi connectivity index (χ1) is 11.0. The predicted octanol–water partition coefficient (Wildman–Crippen LogP) is 2.52. The average Bonchev–Trinajstić information content (AvgIpc) is 2.91. The van der Waals surface area contributed by atoms with E-state index in [1.54, 1.807) is 0 Å². The fraction of sp³-hybridized carbons (Fsp3) is 0.333. The molecule has 0 amide bonds. The van der Waals surface area contributed by atoms with E-state index >= 15 is 0 Å². The van der Waals surface area contributed by atoms with Crippen molar-refractivity contribution in [3.8, 4) is 0 Å². The summed E-state index contributed by atoms with van der Waals surface area (Å²) in [5, 5.41) is 18.5. The van der Waals surface area contributed by atoms with Crippen molar-refractivity contribution in [3.05, 3.63) is 51.3 Å². The van der Waals surface area contributed by atoms with Gasteiger partial charge in [-0.2, -0.15) is 5.10 Å². The van der Waals surface area contributed by atoms with Gasteiger partial charge in [0.1, 0.15) is 5.69 Å². The van der Waals surface area contributed by atoms with E-state index < -0.39 is 10.9 Å². The number of ether oxygens (including phenoxy) is 1. The summed E-state index contributed by atoms with van der Waals surface area (Å²) in [5.74, 6) is -0.544. The van der Waals surface area contributed by atoms with Crippen LogP contribution in [0.4, 0.5) is 11.4 Å². The van der Waals surface area contributed by atoms with Crippen LogP contribution in [0, 0.1) is 17.0 Å². The zero-order valence-corrected chi connectivity index (χ0v) is 13.2. The van der Waals surface area contributed by atoms with Crippen molar-refractivity contribution < 1.29 is 14.5 Å². The minimum absolute atomic E-state index is 0.100. The molecule has 0 saturated heterocycles. The Hall–Kier alpha value is -2.90. The number of esters is 1. The van der Waals surface area contributed by atoms with Crippen molar-refractivity contribution >= 4 is 17.3 Å². The second kappa shape index (κ2) is 6.91. The summed E-state index contributed by atoms with van der Waals surface area (Å²) in [5.41, 5.74) is 2.20. The summed E-state index contributed by atoms with van der Waals surface area (Å²) < 4.78 is 6.46. The van der Waals surface area contributed by atoms with Crippen LogP contribution in [0.25, 0.3) is 0 Å². The number of carbonyl (C=O) groups is 1. The second-order valence-corrected chi connectivity index (χ2v) is 4.93. The first-order valence-corrected chi connectivity index (χ1v) is 7.10. The van der Waals surface area contributed by atoms with E-state index in [0.29, 0.717) is 13.1 Å². The lowest BCUT2D eigenvalue weighted by Crippen LogP contribution is -2.10. The van der Waals surface area contributed by atoms with Crippen molar-refractivity contribution in [1.82, 2.24) is 9.78 Å². The van der Waals surface area contributed by atoms with Gasteiger partial charge in [0.25, 0.3) is 5.69 Å². The van der Waals surface area contributed by atoms with E-state index in [0.717, 1.165) is 11.4 Å². The summed E-state index contributed by atoms with van der Waals surface area (Å²) >= 11 is 0. The third kappa shape index (κ3) is 3.65. The highest BCUT2D eigenvalue weighted by Crippen LogP contribution is 2.26. The van der Waals surface area contributed by atoms with Crippen LogP contribution in [0.2, 0.25) is 0 Å². The number of nitro benzene ring substituents is 1. The summed E-state index contributed by atoms with van der Waals surface area (Å²) in [6.07, 6.45) is 0. The van der Waals surface area contributed by atoms with Crippen molar-refractivity contribution in [2.24, 2.45) is 0 Å². The minimum Gasteiger partial charge on any atom is -0.465 e. The Bertz CT molecular complexity index is 739. The van der Waals surface area contributed by atoms with Gasteiger partial charge in [-0.15, -0.1) is 0 Å². The molecule has 122 valence electrons. The van der Waals surface area contributed by atoms with Gasteiger partial charge in [-0.3, -0.25) is 14.8 Å².